The number of ketones is 1. The number of carbonyl (C=O) groups excluding carboxylic acids is 2. The van der Waals surface area contributed by atoms with Gasteiger partial charge in [0.15, 0.2) is 17.3 Å². The maximum Gasteiger partial charge on any atom is 0.223 e. The minimum atomic E-state index is 0.0130. The number of Topliss-reactive ketones (excluding diaryl/α,β-unsaturated/α-hetero) is 1. The number of ether oxygens (including phenoxy) is 2. The van der Waals surface area contributed by atoms with Crippen LogP contribution in [0, 0.1) is 13.8 Å². The topological polar surface area (TPSA) is 55.8 Å². The largest absolute Gasteiger partial charge is 0.493 e. The van der Waals surface area contributed by atoms with Crippen LogP contribution in [0.15, 0.2) is 36.4 Å². The van der Waals surface area contributed by atoms with Crippen molar-refractivity contribution in [3.05, 3.63) is 58.7 Å². The summed E-state index contributed by atoms with van der Waals surface area (Å²) < 4.78 is 10.7. The van der Waals surface area contributed by atoms with Crippen molar-refractivity contribution in [1.29, 1.82) is 0 Å². The van der Waals surface area contributed by atoms with E-state index in [1.807, 2.05) is 55.1 Å². The van der Waals surface area contributed by atoms with Gasteiger partial charge in [0.05, 0.1) is 20.3 Å². The summed E-state index contributed by atoms with van der Waals surface area (Å²) >= 11 is 0. The summed E-state index contributed by atoms with van der Waals surface area (Å²) in [7, 11) is 3.22. The third-order valence-electron chi connectivity index (χ3n) is 5.76. The van der Waals surface area contributed by atoms with Crippen molar-refractivity contribution in [3.63, 3.8) is 0 Å². The van der Waals surface area contributed by atoms with Crippen molar-refractivity contribution in [2.75, 3.05) is 20.8 Å². The lowest BCUT2D eigenvalue weighted by Gasteiger charge is -2.25. The van der Waals surface area contributed by atoms with E-state index in [-0.39, 0.29) is 30.6 Å². The molecule has 2 aromatic carbocycles. The maximum absolute atomic E-state index is 12.9. The SMILES string of the molecule is COc1ccc(C2CCCN2C(=O)CCC(=O)c2ccc(C)c(C)c2)cc1OC. The molecule has 1 amide bonds. The molecule has 1 aliphatic rings. The predicted molar refractivity (Wildman–Crippen MR) is 113 cm³/mol. The molecule has 1 atom stereocenters. The molecule has 0 spiro atoms. The molecule has 0 N–H and O–H groups in total. The van der Waals surface area contributed by atoms with E-state index in [4.69, 9.17) is 9.47 Å². The first-order valence-electron chi connectivity index (χ1n) is 10.1. The molecule has 0 aliphatic carbocycles. The van der Waals surface area contributed by atoms with Crippen molar-refractivity contribution >= 4 is 11.7 Å². The molecular weight excluding hydrogens is 366 g/mol. The Kier molecular flexibility index (Phi) is 6.57. The Morgan fingerprint density at radius 2 is 1.72 bits per heavy atom. The second-order valence-corrected chi connectivity index (χ2v) is 7.58. The summed E-state index contributed by atoms with van der Waals surface area (Å²) in [5.74, 6) is 1.38. The standard InChI is InChI=1S/C24H29NO4/c1-16-7-8-19(14-17(16)2)21(26)10-12-24(27)25-13-5-6-20(25)18-9-11-22(28-3)23(15-18)29-4/h7-9,11,14-15,20H,5-6,10,12-13H2,1-4H3. The number of aryl methyl sites for hydroxylation is 2. The zero-order chi connectivity index (χ0) is 21.0. The normalized spacial score (nSPS) is 16.0. The average molecular weight is 395 g/mol. The van der Waals surface area contributed by atoms with E-state index in [1.165, 1.54) is 0 Å². The fourth-order valence-corrected chi connectivity index (χ4v) is 3.90. The maximum atomic E-state index is 12.9. The van der Waals surface area contributed by atoms with E-state index in [0.717, 1.165) is 36.1 Å². The smallest absolute Gasteiger partial charge is 0.223 e. The van der Waals surface area contributed by atoms with Crippen LogP contribution in [-0.2, 0) is 4.79 Å². The second-order valence-electron chi connectivity index (χ2n) is 7.58. The highest BCUT2D eigenvalue weighted by molar-refractivity contribution is 5.98. The van der Waals surface area contributed by atoms with Gasteiger partial charge in [0.1, 0.15) is 0 Å². The van der Waals surface area contributed by atoms with Gasteiger partial charge in [-0.25, -0.2) is 0 Å². The lowest BCUT2D eigenvalue weighted by atomic mass is 10.0. The number of likely N-dealkylation sites (tertiary alicyclic amines) is 1. The van der Waals surface area contributed by atoms with Gasteiger partial charge in [-0.2, -0.15) is 0 Å². The molecule has 0 radical (unpaired) electrons. The average Bonchev–Trinajstić information content (AvgIpc) is 3.23. The van der Waals surface area contributed by atoms with Gasteiger partial charge in [0.2, 0.25) is 5.91 Å². The van der Waals surface area contributed by atoms with Crippen LogP contribution in [-0.4, -0.2) is 37.4 Å². The highest BCUT2D eigenvalue weighted by Crippen LogP contribution is 2.37. The molecule has 1 aliphatic heterocycles. The van der Waals surface area contributed by atoms with E-state index in [1.54, 1.807) is 14.2 Å². The number of hydrogen-bond donors (Lipinski definition) is 0. The van der Waals surface area contributed by atoms with Crippen molar-refractivity contribution in [3.8, 4) is 11.5 Å². The summed E-state index contributed by atoms with van der Waals surface area (Å²) in [6.07, 6.45) is 2.33. The number of benzene rings is 2. The van der Waals surface area contributed by atoms with Gasteiger partial charge < -0.3 is 14.4 Å². The molecule has 1 saturated heterocycles. The Balaban J connectivity index is 1.67. The third kappa shape index (κ3) is 4.61. The molecule has 154 valence electrons. The van der Waals surface area contributed by atoms with E-state index < -0.39 is 0 Å². The first-order valence-corrected chi connectivity index (χ1v) is 10.1. The van der Waals surface area contributed by atoms with Crippen LogP contribution in [0.4, 0.5) is 0 Å². The minimum absolute atomic E-state index is 0.0130. The molecule has 0 bridgehead atoms. The molecule has 1 fully saturated rings. The van der Waals surface area contributed by atoms with Gasteiger partial charge in [0, 0.05) is 24.9 Å². The van der Waals surface area contributed by atoms with Crippen LogP contribution in [0.5, 0.6) is 11.5 Å². The Labute approximate surface area is 172 Å². The van der Waals surface area contributed by atoms with Gasteiger partial charge in [-0.1, -0.05) is 18.2 Å². The molecule has 1 unspecified atom stereocenters. The molecule has 29 heavy (non-hydrogen) atoms. The van der Waals surface area contributed by atoms with Crippen LogP contribution < -0.4 is 9.47 Å². The number of amides is 1. The van der Waals surface area contributed by atoms with E-state index in [2.05, 4.69) is 0 Å². The van der Waals surface area contributed by atoms with Gasteiger partial charge in [-0.15, -0.1) is 0 Å². The van der Waals surface area contributed by atoms with Gasteiger partial charge in [-0.05, 0) is 61.6 Å². The highest BCUT2D eigenvalue weighted by Gasteiger charge is 2.30. The van der Waals surface area contributed by atoms with Gasteiger partial charge in [-0.3, -0.25) is 9.59 Å². The Hall–Kier alpha value is -2.82. The lowest BCUT2D eigenvalue weighted by Crippen LogP contribution is -2.30. The molecule has 0 saturated carbocycles. The van der Waals surface area contributed by atoms with Crippen LogP contribution in [0.3, 0.4) is 0 Å². The summed E-state index contributed by atoms with van der Waals surface area (Å²) in [6.45, 7) is 4.74. The Bertz CT molecular complexity index is 906. The molecule has 1 heterocycles. The molecule has 2 aromatic rings. The monoisotopic (exact) mass is 395 g/mol. The van der Waals surface area contributed by atoms with E-state index >= 15 is 0 Å². The summed E-state index contributed by atoms with van der Waals surface area (Å²) in [5.41, 5.74) is 3.97. The number of nitrogens with zero attached hydrogens (tertiary/aromatic N) is 1. The first kappa shape index (κ1) is 20.9. The van der Waals surface area contributed by atoms with Crippen molar-refractivity contribution < 1.29 is 19.1 Å². The fourth-order valence-electron chi connectivity index (χ4n) is 3.90. The summed E-state index contributed by atoms with van der Waals surface area (Å²) in [5, 5.41) is 0. The predicted octanol–water partition coefficient (Wildman–Crippen LogP) is 4.65. The van der Waals surface area contributed by atoms with Crippen LogP contribution in [0.2, 0.25) is 0 Å². The van der Waals surface area contributed by atoms with Crippen molar-refractivity contribution in [2.24, 2.45) is 0 Å². The molecule has 5 nitrogen and oxygen atoms in total. The first-order chi connectivity index (χ1) is 13.9. The molecule has 0 aromatic heterocycles. The van der Waals surface area contributed by atoms with E-state index in [9.17, 15) is 9.59 Å². The zero-order valence-corrected chi connectivity index (χ0v) is 17.7. The zero-order valence-electron chi connectivity index (χ0n) is 17.7. The second kappa shape index (κ2) is 9.12. The number of carbonyl (C=O) groups is 2. The van der Waals surface area contributed by atoms with Gasteiger partial charge >= 0.3 is 0 Å². The Morgan fingerprint density at radius 3 is 2.41 bits per heavy atom. The quantitative estimate of drug-likeness (QED) is 0.641. The lowest BCUT2D eigenvalue weighted by molar-refractivity contribution is -0.132. The third-order valence-corrected chi connectivity index (χ3v) is 5.76. The van der Waals surface area contributed by atoms with Crippen LogP contribution >= 0.6 is 0 Å². The molecular formula is C24H29NO4. The summed E-state index contributed by atoms with van der Waals surface area (Å²) in [4.78, 5) is 27.3. The Morgan fingerprint density at radius 1 is 0.966 bits per heavy atom. The number of methoxy groups -OCH3 is 2. The van der Waals surface area contributed by atoms with Crippen LogP contribution in [0.1, 0.15) is 58.8 Å². The fraction of sp³-hybridized carbons (Fsp3) is 0.417. The molecule has 5 heteroatoms. The van der Waals surface area contributed by atoms with Gasteiger partial charge in [0.25, 0.3) is 0 Å². The summed E-state index contributed by atoms with van der Waals surface area (Å²) in [6, 6.07) is 11.5. The molecule has 3 rings (SSSR count). The van der Waals surface area contributed by atoms with Crippen molar-refractivity contribution in [1.82, 2.24) is 4.90 Å². The minimum Gasteiger partial charge on any atom is -0.493 e. The number of hydrogen-bond acceptors (Lipinski definition) is 4. The van der Waals surface area contributed by atoms with Crippen LogP contribution in [0.25, 0.3) is 0 Å². The number of rotatable bonds is 7. The highest BCUT2D eigenvalue weighted by atomic mass is 16.5. The van der Waals surface area contributed by atoms with Crippen molar-refractivity contribution in [2.45, 2.75) is 45.6 Å². The van der Waals surface area contributed by atoms with E-state index in [0.29, 0.717) is 17.1 Å².